The molecule has 17 heavy (non-hydrogen) atoms. The van der Waals surface area contributed by atoms with Crippen LogP contribution in [0.5, 0.6) is 17.2 Å². The summed E-state index contributed by atoms with van der Waals surface area (Å²) in [5.74, 6) is 1.31. The van der Waals surface area contributed by atoms with Crippen molar-refractivity contribution in [2.75, 3.05) is 20.8 Å². The van der Waals surface area contributed by atoms with Gasteiger partial charge in [-0.2, -0.15) is 0 Å². The highest BCUT2D eigenvalue weighted by Gasteiger charge is 2.19. The van der Waals surface area contributed by atoms with Crippen LogP contribution in [-0.4, -0.2) is 38.0 Å². The van der Waals surface area contributed by atoms with E-state index in [0.717, 1.165) is 6.42 Å². The SMILES string of the molecule is CCCOc1c(OC)cc(B(O)O)cc1OC. The molecule has 6 heteroatoms. The fourth-order valence-electron chi connectivity index (χ4n) is 1.40. The van der Waals surface area contributed by atoms with E-state index in [2.05, 4.69) is 0 Å². The first-order valence-electron chi connectivity index (χ1n) is 5.38. The van der Waals surface area contributed by atoms with Crippen LogP contribution < -0.4 is 19.7 Å². The van der Waals surface area contributed by atoms with E-state index in [4.69, 9.17) is 24.3 Å². The molecular weight excluding hydrogens is 223 g/mol. The summed E-state index contributed by atoms with van der Waals surface area (Å²) >= 11 is 0. The molecule has 0 heterocycles. The second-order valence-corrected chi connectivity index (χ2v) is 3.48. The van der Waals surface area contributed by atoms with Gasteiger partial charge in [0, 0.05) is 0 Å². The molecular formula is C11H17BO5. The highest BCUT2D eigenvalue weighted by atomic mass is 16.5. The van der Waals surface area contributed by atoms with Gasteiger partial charge < -0.3 is 24.3 Å². The molecule has 1 aromatic rings. The summed E-state index contributed by atoms with van der Waals surface area (Å²) in [7, 11) is 1.40. The van der Waals surface area contributed by atoms with Crippen molar-refractivity contribution in [1.29, 1.82) is 0 Å². The van der Waals surface area contributed by atoms with Crippen molar-refractivity contribution in [3.8, 4) is 17.2 Å². The number of hydrogen-bond donors (Lipinski definition) is 2. The molecule has 2 N–H and O–H groups in total. The predicted octanol–water partition coefficient (Wildman–Crippen LogP) is 0.172. The second-order valence-electron chi connectivity index (χ2n) is 3.48. The van der Waals surface area contributed by atoms with Crippen molar-refractivity contribution in [3.05, 3.63) is 12.1 Å². The summed E-state index contributed by atoms with van der Waals surface area (Å²) < 4.78 is 15.8. The van der Waals surface area contributed by atoms with E-state index in [-0.39, 0.29) is 0 Å². The lowest BCUT2D eigenvalue weighted by atomic mass is 9.80. The zero-order chi connectivity index (χ0) is 12.8. The van der Waals surface area contributed by atoms with Gasteiger partial charge >= 0.3 is 7.12 Å². The summed E-state index contributed by atoms with van der Waals surface area (Å²) in [6, 6.07) is 3.02. The quantitative estimate of drug-likeness (QED) is 0.694. The number of methoxy groups -OCH3 is 2. The van der Waals surface area contributed by atoms with Gasteiger partial charge in [-0.05, 0) is 24.0 Å². The van der Waals surface area contributed by atoms with Gasteiger partial charge in [0.25, 0.3) is 0 Å². The highest BCUT2D eigenvalue weighted by Crippen LogP contribution is 2.36. The number of hydrogen-bond acceptors (Lipinski definition) is 5. The van der Waals surface area contributed by atoms with Gasteiger partial charge in [0.15, 0.2) is 11.5 Å². The molecule has 0 fully saturated rings. The third kappa shape index (κ3) is 3.28. The van der Waals surface area contributed by atoms with Crippen molar-refractivity contribution in [2.24, 2.45) is 0 Å². The number of ether oxygens (including phenoxy) is 3. The average molecular weight is 240 g/mol. The van der Waals surface area contributed by atoms with E-state index in [1.54, 1.807) is 0 Å². The maximum Gasteiger partial charge on any atom is 0.488 e. The smallest absolute Gasteiger partial charge is 0.488 e. The van der Waals surface area contributed by atoms with E-state index < -0.39 is 7.12 Å². The average Bonchev–Trinajstić information content (AvgIpc) is 2.34. The van der Waals surface area contributed by atoms with Gasteiger partial charge in [-0.1, -0.05) is 6.92 Å². The molecule has 5 nitrogen and oxygen atoms in total. The molecule has 0 aliphatic carbocycles. The van der Waals surface area contributed by atoms with E-state index in [1.165, 1.54) is 26.4 Å². The van der Waals surface area contributed by atoms with Crippen molar-refractivity contribution < 1.29 is 24.3 Å². The van der Waals surface area contributed by atoms with Crippen LogP contribution in [-0.2, 0) is 0 Å². The lowest BCUT2D eigenvalue weighted by molar-refractivity contribution is 0.275. The van der Waals surface area contributed by atoms with Crippen LogP contribution in [0.25, 0.3) is 0 Å². The Morgan fingerprint density at radius 2 is 1.65 bits per heavy atom. The van der Waals surface area contributed by atoms with Gasteiger partial charge in [0.2, 0.25) is 5.75 Å². The summed E-state index contributed by atoms with van der Waals surface area (Å²) in [4.78, 5) is 0. The summed E-state index contributed by atoms with van der Waals surface area (Å²) in [5, 5.41) is 18.3. The molecule has 0 aromatic heterocycles. The lowest BCUT2D eigenvalue weighted by Gasteiger charge is -2.15. The molecule has 0 spiro atoms. The monoisotopic (exact) mass is 240 g/mol. The van der Waals surface area contributed by atoms with Crippen LogP contribution in [0.15, 0.2) is 12.1 Å². The van der Waals surface area contributed by atoms with Crippen molar-refractivity contribution in [1.82, 2.24) is 0 Å². The van der Waals surface area contributed by atoms with Crippen LogP contribution >= 0.6 is 0 Å². The Kier molecular flexibility index (Phi) is 5.12. The minimum Gasteiger partial charge on any atom is -0.493 e. The zero-order valence-corrected chi connectivity index (χ0v) is 10.3. The fourth-order valence-corrected chi connectivity index (χ4v) is 1.40. The van der Waals surface area contributed by atoms with Crippen LogP contribution in [0.3, 0.4) is 0 Å². The molecule has 1 rings (SSSR count). The molecule has 0 amide bonds. The van der Waals surface area contributed by atoms with Crippen LogP contribution in [0.1, 0.15) is 13.3 Å². The highest BCUT2D eigenvalue weighted by molar-refractivity contribution is 6.58. The standard InChI is InChI=1S/C11H17BO5/c1-4-5-17-11-9(15-2)6-8(12(13)14)7-10(11)16-3/h6-7,13-14H,4-5H2,1-3H3. The van der Waals surface area contributed by atoms with Crippen molar-refractivity contribution in [2.45, 2.75) is 13.3 Å². The Hall–Kier alpha value is -1.40. The molecule has 0 aliphatic heterocycles. The van der Waals surface area contributed by atoms with Gasteiger partial charge in [-0.15, -0.1) is 0 Å². The van der Waals surface area contributed by atoms with Crippen molar-refractivity contribution in [3.63, 3.8) is 0 Å². The number of rotatable bonds is 6. The zero-order valence-electron chi connectivity index (χ0n) is 10.3. The van der Waals surface area contributed by atoms with Crippen LogP contribution in [0, 0.1) is 0 Å². The topological polar surface area (TPSA) is 68.2 Å². The predicted molar refractivity (Wildman–Crippen MR) is 65.2 cm³/mol. The molecule has 0 saturated heterocycles. The molecule has 0 saturated carbocycles. The van der Waals surface area contributed by atoms with E-state index in [0.29, 0.717) is 29.3 Å². The first kappa shape index (κ1) is 13.7. The first-order chi connectivity index (χ1) is 8.13. The maximum atomic E-state index is 9.13. The maximum absolute atomic E-state index is 9.13. The summed E-state index contributed by atoms with van der Waals surface area (Å²) in [5.41, 5.74) is 0.294. The van der Waals surface area contributed by atoms with Gasteiger partial charge in [-0.3, -0.25) is 0 Å². The first-order valence-corrected chi connectivity index (χ1v) is 5.38. The Labute approximate surface area is 101 Å². The normalized spacial score (nSPS) is 9.94. The van der Waals surface area contributed by atoms with E-state index in [9.17, 15) is 0 Å². The van der Waals surface area contributed by atoms with E-state index >= 15 is 0 Å². The molecule has 0 atom stereocenters. The third-order valence-electron chi connectivity index (χ3n) is 2.23. The molecule has 0 unspecified atom stereocenters. The minimum atomic E-state index is -1.57. The van der Waals surface area contributed by atoms with Gasteiger partial charge in [0.05, 0.1) is 20.8 Å². The Morgan fingerprint density at radius 3 is 2.00 bits per heavy atom. The van der Waals surface area contributed by atoms with Crippen molar-refractivity contribution >= 4 is 12.6 Å². The third-order valence-corrected chi connectivity index (χ3v) is 2.23. The van der Waals surface area contributed by atoms with Crippen LogP contribution in [0.4, 0.5) is 0 Å². The lowest BCUT2D eigenvalue weighted by Crippen LogP contribution is -2.30. The van der Waals surface area contributed by atoms with Gasteiger partial charge in [0.1, 0.15) is 0 Å². The number of benzene rings is 1. The van der Waals surface area contributed by atoms with Gasteiger partial charge in [-0.25, -0.2) is 0 Å². The fraction of sp³-hybridized carbons (Fsp3) is 0.455. The van der Waals surface area contributed by atoms with Crippen LogP contribution in [0.2, 0.25) is 0 Å². The largest absolute Gasteiger partial charge is 0.493 e. The molecule has 1 aromatic carbocycles. The molecule has 0 bridgehead atoms. The molecule has 0 radical (unpaired) electrons. The van der Waals surface area contributed by atoms with E-state index in [1.807, 2.05) is 6.92 Å². The summed E-state index contributed by atoms with van der Waals surface area (Å²) in [6.45, 7) is 2.53. The Morgan fingerprint density at radius 1 is 1.12 bits per heavy atom. The molecule has 0 aliphatic rings. The Bertz CT molecular complexity index is 342. The minimum absolute atomic E-state index is 0.294. The summed E-state index contributed by atoms with van der Waals surface area (Å²) in [6.07, 6.45) is 0.858. The Balaban J connectivity index is 3.16. The molecule has 94 valence electrons. The second kappa shape index (κ2) is 6.37.